The van der Waals surface area contributed by atoms with Crippen LogP contribution in [0.1, 0.15) is 22.0 Å². The predicted molar refractivity (Wildman–Crippen MR) is 79.7 cm³/mol. The highest BCUT2D eigenvalue weighted by Crippen LogP contribution is 2.21. The molecule has 0 saturated heterocycles. The van der Waals surface area contributed by atoms with Gasteiger partial charge in [-0.05, 0) is 12.1 Å². The Balaban J connectivity index is 2.20. The standard InChI is InChI=1S/C16H13NO6/c1-22-16(19)14(11-5-3-2-4-6-11)23-15(18)12-7-9-13(10-8-12)17(20)21/h2-10,14H,1H3. The first kappa shape index (κ1) is 16.2. The van der Waals surface area contributed by atoms with Crippen LogP contribution in [0.3, 0.4) is 0 Å². The van der Waals surface area contributed by atoms with E-state index in [1.54, 1.807) is 30.3 Å². The number of carbonyl (C=O) groups excluding carboxylic acids is 2. The van der Waals surface area contributed by atoms with E-state index in [-0.39, 0.29) is 11.3 Å². The Kier molecular flexibility index (Phi) is 5.03. The normalized spacial score (nSPS) is 11.3. The molecule has 23 heavy (non-hydrogen) atoms. The third-order valence-electron chi connectivity index (χ3n) is 3.06. The van der Waals surface area contributed by atoms with Crippen molar-refractivity contribution in [1.82, 2.24) is 0 Å². The average Bonchev–Trinajstić information content (AvgIpc) is 2.59. The molecule has 2 rings (SSSR count). The van der Waals surface area contributed by atoms with Crippen molar-refractivity contribution >= 4 is 17.6 Å². The molecule has 0 aliphatic rings. The topological polar surface area (TPSA) is 95.7 Å². The number of benzene rings is 2. The Morgan fingerprint density at radius 3 is 2.17 bits per heavy atom. The molecule has 0 saturated carbocycles. The van der Waals surface area contributed by atoms with Crippen molar-refractivity contribution in [1.29, 1.82) is 0 Å². The Morgan fingerprint density at radius 2 is 1.65 bits per heavy atom. The minimum Gasteiger partial charge on any atom is -0.466 e. The maximum absolute atomic E-state index is 12.1. The van der Waals surface area contributed by atoms with Gasteiger partial charge in [-0.3, -0.25) is 10.1 Å². The van der Waals surface area contributed by atoms with Gasteiger partial charge in [0, 0.05) is 17.7 Å². The van der Waals surface area contributed by atoms with Gasteiger partial charge in [-0.1, -0.05) is 30.3 Å². The lowest BCUT2D eigenvalue weighted by Gasteiger charge is -2.16. The van der Waals surface area contributed by atoms with Crippen molar-refractivity contribution in [3.8, 4) is 0 Å². The zero-order valence-corrected chi connectivity index (χ0v) is 12.2. The first-order chi connectivity index (χ1) is 11.0. The molecule has 0 radical (unpaired) electrons. The van der Waals surface area contributed by atoms with E-state index in [2.05, 4.69) is 4.74 Å². The Labute approximate surface area is 131 Å². The number of carbonyl (C=O) groups is 2. The molecule has 0 aliphatic heterocycles. The molecule has 0 aromatic heterocycles. The van der Waals surface area contributed by atoms with E-state index in [0.717, 1.165) is 0 Å². The number of esters is 2. The fourth-order valence-electron chi connectivity index (χ4n) is 1.88. The molecule has 0 fully saturated rings. The molecule has 118 valence electrons. The van der Waals surface area contributed by atoms with E-state index >= 15 is 0 Å². The molecule has 0 heterocycles. The fourth-order valence-corrected chi connectivity index (χ4v) is 1.88. The van der Waals surface area contributed by atoms with Gasteiger partial charge in [0.05, 0.1) is 17.6 Å². The zero-order chi connectivity index (χ0) is 16.8. The minimum absolute atomic E-state index is 0.0976. The fraction of sp³-hybridized carbons (Fsp3) is 0.125. The third-order valence-corrected chi connectivity index (χ3v) is 3.06. The summed E-state index contributed by atoms with van der Waals surface area (Å²) >= 11 is 0. The van der Waals surface area contributed by atoms with Crippen molar-refractivity contribution in [2.24, 2.45) is 0 Å². The van der Waals surface area contributed by atoms with Gasteiger partial charge in [-0.25, -0.2) is 9.59 Å². The summed E-state index contributed by atoms with van der Waals surface area (Å²) in [4.78, 5) is 34.0. The number of methoxy groups -OCH3 is 1. The first-order valence-electron chi connectivity index (χ1n) is 6.61. The molecule has 2 aromatic carbocycles. The molecule has 0 amide bonds. The maximum Gasteiger partial charge on any atom is 0.351 e. The molecular formula is C16H13NO6. The second-order valence-corrected chi connectivity index (χ2v) is 4.52. The number of hydrogen-bond acceptors (Lipinski definition) is 6. The average molecular weight is 315 g/mol. The smallest absolute Gasteiger partial charge is 0.351 e. The molecule has 0 N–H and O–H groups in total. The number of hydrogen-bond donors (Lipinski definition) is 0. The number of rotatable bonds is 5. The van der Waals surface area contributed by atoms with Crippen LogP contribution in [0.5, 0.6) is 0 Å². The summed E-state index contributed by atoms with van der Waals surface area (Å²) < 4.78 is 9.84. The molecule has 0 bridgehead atoms. The SMILES string of the molecule is COC(=O)C(OC(=O)c1ccc([N+](=O)[O-])cc1)c1ccccc1. The van der Waals surface area contributed by atoms with Crippen LogP contribution < -0.4 is 0 Å². The summed E-state index contributed by atoms with van der Waals surface area (Å²) in [7, 11) is 1.19. The minimum atomic E-state index is -1.20. The van der Waals surface area contributed by atoms with Gasteiger partial charge in [0.1, 0.15) is 0 Å². The van der Waals surface area contributed by atoms with E-state index in [4.69, 9.17) is 4.74 Å². The largest absolute Gasteiger partial charge is 0.466 e. The van der Waals surface area contributed by atoms with Crippen LogP contribution in [0.15, 0.2) is 54.6 Å². The lowest BCUT2D eigenvalue weighted by molar-refractivity contribution is -0.384. The van der Waals surface area contributed by atoms with Crippen LogP contribution >= 0.6 is 0 Å². The molecule has 1 atom stereocenters. The summed E-state index contributed by atoms with van der Waals surface area (Å²) in [5.41, 5.74) is 0.421. The van der Waals surface area contributed by atoms with Crippen LogP contribution in [-0.4, -0.2) is 24.0 Å². The van der Waals surface area contributed by atoms with E-state index < -0.39 is 23.0 Å². The number of nitro groups is 1. The zero-order valence-electron chi connectivity index (χ0n) is 12.2. The molecule has 7 heteroatoms. The lowest BCUT2D eigenvalue weighted by Crippen LogP contribution is -2.21. The predicted octanol–water partition coefficient (Wildman–Crippen LogP) is 2.67. The van der Waals surface area contributed by atoms with E-state index in [0.29, 0.717) is 5.56 Å². The van der Waals surface area contributed by atoms with Crippen molar-refractivity contribution in [3.63, 3.8) is 0 Å². The third kappa shape index (κ3) is 3.91. The van der Waals surface area contributed by atoms with Crippen LogP contribution in [0.2, 0.25) is 0 Å². The highest BCUT2D eigenvalue weighted by atomic mass is 16.6. The van der Waals surface area contributed by atoms with Crippen molar-refractivity contribution in [3.05, 3.63) is 75.8 Å². The maximum atomic E-state index is 12.1. The molecular weight excluding hydrogens is 302 g/mol. The van der Waals surface area contributed by atoms with Gasteiger partial charge in [-0.15, -0.1) is 0 Å². The Bertz CT molecular complexity index is 711. The van der Waals surface area contributed by atoms with Crippen LogP contribution in [0.4, 0.5) is 5.69 Å². The summed E-state index contributed by atoms with van der Waals surface area (Å²) in [5.74, 6) is -1.49. The van der Waals surface area contributed by atoms with E-state index in [1.807, 2.05) is 0 Å². The monoisotopic (exact) mass is 315 g/mol. The number of ether oxygens (including phenoxy) is 2. The van der Waals surface area contributed by atoms with Gasteiger partial charge in [0.25, 0.3) is 5.69 Å². The summed E-state index contributed by atoms with van der Waals surface area (Å²) in [5, 5.41) is 10.6. The number of nitro benzene ring substituents is 1. The second-order valence-electron chi connectivity index (χ2n) is 4.52. The van der Waals surface area contributed by atoms with Crippen molar-refractivity contribution in [2.75, 3.05) is 7.11 Å². The molecule has 2 aromatic rings. The Hall–Kier alpha value is -3.22. The van der Waals surface area contributed by atoms with Gasteiger partial charge >= 0.3 is 11.9 Å². The summed E-state index contributed by atoms with van der Waals surface area (Å²) in [6.07, 6.45) is -1.20. The van der Waals surface area contributed by atoms with Crippen molar-refractivity contribution < 1.29 is 24.0 Å². The molecule has 0 spiro atoms. The lowest BCUT2D eigenvalue weighted by atomic mass is 10.1. The molecule has 0 aliphatic carbocycles. The highest BCUT2D eigenvalue weighted by Gasteiger charge is 2.26. The van der Waals surface area contributed by atoms with Crippen LogP contribution in [0, 0.1) is 10.1 Å². The van der Waals surface area contributed by atoms with Crippen molar-refractivity contribution in [2.45, 2.75) is 6.10 Å². The van der Waals surface area contributed by atoms with Gasteiger partial charge in [-0.2, -0.15) is 0 Å². The van der Waals surface area contributed by atoms with Gasteiger partial charge in [0.2, 0.25) is 6.10 Å². The summed E-state index contributed by atoms with van der Waals surface area (Å²) in [6, 6.07) is 13.3. The second kappa shape index (κ2) is 7.17. The van der Waals surface area contributed by atoms with E-state index in [1.165, 1.54) is 31.4 Å². The van der Waals surface area contributed by atoms with E-state index in [9.17, 15) is 19.7 Å². The van der Waals surface area contributed by atoms with Crippen LogP contribution in [-0.2, 0) is 14.3 Å². The number of non-ortho nitro benzene ring substituents is 1. The highest BCUT2D eigenvalue weighted by molar-refractivity contribution is 5.92. The number of nitrogens with zero attached hydrogens (tertiary/aromatic N) is 1. The first-order valence-corrected chi connectivity index (χ1v) is 6.61. The van der Waals surface area contributed by atoms with Gasteiger partial charge < -0.3 is 9.47 Å². The summed E-state index contributed by atoms with van der Waals surface area (Å²) in [6.45, 7) is 0. The molecule has 7 nitrogen and oxygen atoms in total. The Morgan fingerprint density at radius 1 is 1.04 bits per heavy atom. The quantitative estimate of drug-likeness (QED) is 0.478. The van der Waals surface area contributed by atoms with Gasteiger partial charge in [0.15, 0.2) is 0 Å². The van der Waals surface area contributed by atoms with Crippen LogP contribution in [0.25, 0.3) is 0 Å². The molecule has 1 unspecified atom stereocenters.